The molecule has 0 aromatic heterocycles. The van der Waals surface area contributed by atoms with Crippen LogP contribution in [0.25, 0.3) is 0 Å². The van der Waals surface area contributed by atoms with Crippen LogP contribution in [0.3, 0.4) is 0 Å². The van der Waals surface area contributed by atoms with Gasteiger partial charge in [-0.15, -0.1) is 0 Å². The van der Waals surface area contributed by atoms with E-state index in [1.165, 1.54) is 0 Å². The molecule has 0 spiro atoms. The Morgan fingerprint density at radius 2 is 1.75 bits per heavy atom. The SMILES string of the molecule is P[CH2][Fe].[Fe]. The molecule has 1 unspecified atom stereocenters. The molecule has 1 atom stereocenters. The van der Waals surface area contributed by atoms with Gasteiger partial charge in [-0.2, -0.15) is 0 Å². The minimum atomic E-state index is 0. The maximum Gasteiger partial charge on any atom is 0 e. The first-order valence-corrected chi connectivity index (χ1v) is 2.26. The molecule has 3 heteroatoms. The zero-order valence-corrected chi connectivity index (χ0v) is 5.35. The average Bonchev–Trinajstić information content (AvgIpc) is 0.918. The van der Waals surface area contributed by atoms with E-state index < -0.39 is 0 Å². The fourth-order valence-corrected chi connectivity index (χ4v) is 0. The second-order valence-electron chi connectivity index (χ2n) is 0.144. The zero-order valence-electron chi connectivity index (χ0n) is 1.99. The fourth-order valence-electron chi connectivity index (χ4n) is 0. The van der Waals surface area contributed by atoms with Crippen LogP contribution in [0.4, 0.5) is 0 Å². The van der Waals surface area contributed by atoms with Gasteiger partial charge in [-0.25, -0.2) is 0 Å². The molecule has 0 bridgehead atoms. The number of rotatable bonds is 0. The maximum atomic E-state index is 3.45. The Kier molecular flexibility index (Phi) is 20.0. The van der Waals surface area contributed by atoms with Crippen molar-refractivity contribution in [3.05, 3.63) is 0 Å². The third-order valence-electron chi connectivity index (χ3n) is 0. The molecule has 0 amide bonds. The first-order valence-electron chi connectivity index (χ1n) is 0.658. The van der Waals surface area contributed by atoms with Crippen molar-refractivity contribution in [1.29, 1.82) is 0 Å². The molecule has 0 nitrogen and oxygen atoms in total. The van der Waals surface area contributed by atoms with Crippen molar-refractivity contribution >= 4 is 9.24 Å². The summed E-state index contributed by atoms with van der Waals surface area (Å²) in [6.45, 7) is 0. The van der Waals surface area contributed by atoms with Gasteiger partial charge in [-0.05, 0) is 0 Å². The second-order valence-corrected chi connectivity index (χ2v) is 1.79. The molecule has 0 radical (unpaired) electrons. The topological polar surface area (TPSA) is 0 Å². The summed E-state index contributed by atoms with van der Waals surface area (Å²) < 4.78 is 0. The van der Waals surface area contributed by atoms with Crippen LogP contribution in [0, 0.1) is 0 Å². The molecule has 0 saturated carbocycles. The Bertz CT molecular complexity index is 6.00. The van der Waals surface area contributed by atoms with Gasteiger partial charge in [-0.3, -0.25) is 0 Å². The molecule has 29 valence electrons. The van der Waals surface area contributed by atoms with Crippen LogP contribution in [0.1, 0.15) is 0 Å². The first-order chi connectivity index (χ1) is 1.41. The molecule has 0 aromatic rings. The Morgan fingerprint density at radius 3 is 1.75 bits per heavy atom. The predicted octanol–water partition coefficient (Wildman–Crippen LogP) is 0.363. The van der Waals surface area contributed by atoms with Crippen LogP contribution in [0.2, 0.25) is 0 Å². The number of hydrogen-bond donors (Lipinski definition) is 0. The van der Waals surface area contributed by atoms with E-state index in [0.29, 0.717) is 0 Å². The van der Waals surface area contributed by atoms with Gasteiger partial charge in [-0.1, -0.05) is 0 Å². The summed E-state index contributed by atoms with van der Waals surface area (Å²) in [6.07, 6.45) is 0. The number of hydrogen-bond acceptors (Lipinski definition) is 0. The third kappa shape index (κ3) is 9.80. The predicted molar refractivity (Wildman–Crippen MR) is 14.6 cm³/mol. The van der Waals surface area contributed by atoms with Gasteiger partial charge in [0.25, 0.3) is 0 Å². The van der Waals surface area contributed by atoms with E-state index in [4.69, 9.17) is 0 Å². The molecular formula is CH4Fe2P. The average molecular weight is 159 g/mol. The minimum absolute atomic E-state index is 0. The Balaban J connectivity index is 0. The Hall–Kier alpha value is 1.47. The molecule has 0 heterocycles. The quantitative estimate of drug-likeness (QED) is 0.353. The van der Waals surface area contributed by atoms with Crippen LogP contribution in [0.5, 0.6) is 0 Å². The minimum Gasteiger partial charge on any atom is 0 e. The van der Waals surface area contributed by atoms with E-state index in [9.17, 15) is 0 Å². The summed E-state index contributed by atoms with van der Waals surface area (Å²) in [6, 6.07) is 0. The second kappa shape index (κ2) is 8.82. The van der Waals surface area contributed by atoms with Gasteiger partial charge < -0.3 is 0 Å². The van der Waals surface area contributed by atoms with Gasteiger partial charge in [0.2, 0.25) is 0 Å². The Morgan fingerprint density at radius 1 is 1.75 bits per heavy atom. The fraction of sp³-hybridized carbons (Fsp3) is 1.00. The van der Waals surface area contributed by atoms with Gasteiger partial charge in [0.15, 0.2) is 0 Å². The van der Waals surface area contributed by atoms with Crippen LogP contribution < -0.4 is 0 Å². The van der Waals surface area contributed by atoms with E-state index in [2.05, 4.69) is 25.3 Å². The van der Waals surface area contributed by atoms with Crippen molar-refractivity contribution in [2.45, 2.75) is 0 Å². The van der Waals surface area contributed by atoms with Crippen molar-refractivity contribution in [1.82, 2.24) is 0 Å². The van der Waals surface area contributed by atoms with Crippen molar-refractivity contribution in [2.75, 3.05) is 5.06 Å². The molecule has 0 saturated heterocycles. The van der Waals surface area contributed by atoms with Gasteiger partial charge in [0.05, 0.1) is 0 Å². The first kappa shape index (κ1) is 9.08. The summed E-state index contributed by atoms with van der Waals surface area (Å²) in [5.74, 6) is 0. The van der Waals surface area contributed by atoms with Crippen LogP contribution in [-0.4, -0.2) is 5.06 Å². The van der Waals surface area contributed by atoms with Gasteiger partial charge in [0, 0.05) is 17.1 Å². The molecule has 0 N–H and O–H groups in total. The largest absolute Gasteiger partial charge is 0 e. The molecule has 0 fully saturated rings. The summed E-state index contributed by atoms with van der Waals surface area (Å²) in [5, 5.41) is 0.917. The smallest absolute Gasteiger partial charge is 0 e. The van der Waals surface area contributed by atoms with E-state index in [0.717, 1.165) is 5.06 Å². The maximum absolute atomic E-state index is 3.45. The van der Waals surface area contributed by atoms with Crippen LogP contribution in [-0.2, 0) is 33.1 Å². The van der Waals surface area contributed by atoms with Gasteiger partial charge in [0.1, 0.15) is 0 Å². The van der Waals surface area contributed by atoms with Crippen molar-refractivity contribution in [2.24, 2.45) is 0 Å². The Labute approximate surface area is 47.6 Å². The zero-order chi connectivity index (χ0) is 2.71. The van der Waals surface area contributed by atoms with Crippen LogP contribution >= 0.6 is 9.24 Å². The molecule has 0 rings (SSSR count). The summed E-state index contributed by atoms with van der Waals surface area (Å²) >= 11 is 3.45. The van der Waals surface area contributed by atoms with Crippen LogP contribution in [0.15, 0.2) is 0 Å². The van der Waals surface area contributed by atoms with E-state index in [1.807, 2.05) is 0 Å². The summed E-state index contributed by atoms with van der Waals surface area (Å²) in [5.41, 5.74) is 0. The molecule has 0 aliphatic heterocycles. The van der Waals surface area contributed by atoms with Crippen molar-refractivity contribution in [3.8, 4) is 0 Å². The van der Waals surface area contributed by atoms with Crippen molar-refractivity contribution in [3.63, 3.8) is 0 Å². The van der Waals surface area contributed by atoms with E-state index in [1.54, 1.807) is 0 Å². The molecule has 4 heavy (non-hydrogen) atoms. The molecule has 0 aliphatic rings. The summed E-state index contributed by atoms with van der Waals surface area (Å²) in [4.78, 5) is 0. The van der Waals surface area contributed by atoms with E-state index in [-0.39, 0.29) is 17.1 Å². The third-order valence-corrected chi connectivity index (χ3v) is 0. The van der Waals surface area contributed by atoms with Gasteiger partial charge >= 0.3 is 30.3 Å². The van der Waals surface area contributed by atoms with Crippen molar-refractivity contribution < 1.29 is 33.1 Å². The summed E-state index contributed by atoms with van der Waals surface area (Å²) in [7, 11) is 2.47. The molecule has 0 aromatic carbocycles. The molecular weight excluding hydrogens is 155 g/mol. The standard InChI is InChI=1S/CH4P.2Fe/c1-2;;/h1-2H2;;. The monoisotopic (exact) mass is 159 g/mol. The normalized spacial score (nSPS) is 4.50. The molecule has 0 aliphatic carbocycles. The van der Waals surface area contributed by atoms with E-state index >= 15 is 0 Å².